The summed E-state index contributed by atoms with van der Waals surface area (Å²) in [6, 6.07) is 14.3. The first-order valence-electron chi connectivity index (χ1n) is 6.96. The molecule has 114 valence electrons. The molecule has 1 aliphatic rings. The molecular formula is C17H15BrO3S. The van der Waals surface area contributed by atoms with Crippen molar-refractivity contribution in [3.8, 4) is 0 Å². The minimum atomic E-state index is -3.49. The van der Waals surface area contributed by atoms with Crippen LogP contribution in [0, 0.1) is 12.8 Å². The van der Waals surface area contributed by atoms with E-state index in [2.05, 4.69) is 15.9 Å². The topological polar surface area (TPSA) is 51.2 Å². The molecule has 5 heteroatoms. The zero-order valence-electron chi connectivity index (χ0n) is 11.9. The summed E-state index contributed by atoms with van der Waals surface area (Å²) in [7, 11) is -3.49. The van der Waals surface area contributed by atoms with Gasteiger partial charge in [-0.15, -0.1) is 0 Å². The lowest BCUT2D eigenvalue weighted by molar-refractivity contribution is -0.108. The van der Waals surface area contributed by atoms with Crippen LogP contribution in [0.15, 0.2) is 57.9 Å². The van der Waals surface area contributed by atoms with E-state index in [1.807, 2.05) is 31.2 Å². The first kappa shape index (κ1) is 15.4. The average molecular weight is 379 g/mol. The molecule has 3 atom stereocenters. The third-order valence-electron chi connectivity index (χ3n) is 4.13. The Morgan fingerprint density at radius 3 is 2.14 bits per heavy atom. The third-order valence-corrected chi connectivity index (χ3v) is 6.91. The second-order valence-corrected chi connectivity index (χ2v) is 8.63. The van der Waals surface area contributed by atoms with Gasteiger partial charge in [0.25, 0.3) is 0 Å². The van der Waals surface area contributed by atoms with Gasteiger partial charge in [-0.25, -0.2) is 8.42 Å². The Hall–Kier alpha value is -1.46. The van der Waals surface area contributed by atoms with E-state index in [9.17, 15) is 13.2 Å². The summed E-state index contributed by atoms with van der Waals surface area (Å²) in [6.07, 6.45) is 0.767. The van der Waals surface area contributed by atoms with Crippen molar-refractivity contribution in [2.75, 3.05) is 0 Å². The summed E-state index contributed by atoms with van der Waals surface area (Å²) >= 11 is 3.36. The van der Waals surface area contributed by atoms with Crippen molar-refractivity contribution in [3.05, 3.63) is 64.1 Å². The number of carbonyl (C=O) groups excluding carboxylic acids is 1. The lowest BCUT2D eigenvalue weighted by Crippen LogP contribution is -2.11. The lowest BCUT2D eigenvalue weighted by Gasteiger charge is -2.05. The highest BCUT2D eigenvalue weighted by Crippen LogP contribution is 2.52. The summed E-state index contributed by atoms with van der Waals surface area (Å²) < 4.78 is 26.4. The lowest BCUT2D eigenvalue weighted by atomic mass is 10.1. The second kappa shape index (κ2) is 5.63. The number of rotatable bonds is 4. The molecule has 1 fully saturated rings. The fraction of sp³-hybridized carbons (Fsp3) is 0.235. The molecule has 0 aromatic heterocycles. The van der Waals surface area contributed by atoms with E-state index < -0.39 is 21.0 Å². The highest BCUT2D eigenvalue weighted by molar-refractivity contribution is 9.10. The molecule has 0 amide bonds. The maximum absolute atomic E-state index is 12.8. The summed E-state index contributed by atoms with van der Waals surface area (Å²) in [5.74, 6) is -0.718. The van der Waals surface area contributed by atoms with Gasteiger partial charge in [-0.2, -0.15) is 0 Å². The molecule has 0 bridgehead atoms. The number of halogens is 1. The van der Waals surface area contributed by atoms with Crippen LogP contribution >= 0.6 is 15.9 Å². The maximum atomic E-state index is 12.8. The van der Waals surface area contributed by atoms with Crippen molar-refractivity contribution >= 4 is 32.1 Å². The molecule has 0 saturated heterocycles. The van der Waals surface area contributed by atoms with Gasteiger partial charge in [-0.05, 0) is 36.8 Å². The van der Waals surface area contributed by atoms with E-state index in [4.69, 9.17) is 0 Å². The molecule has 1 saturated carbocycles. The van der Waals surface area contributed by atoms with E-state index in [0.29, 0.717) is 0 Å². The van der Waals surface area contributed by atoms with Crippen LogP contribution in [-0.2, 0) is 14.6 Å². The van der Waals surface area contributed by atoms with Gasteiger partial charge in [0, 0.05) is 16.3 Å². The number of carbonyl (C=O) groups is 1. The molecule has 3 rings (SSSR count). The molecule has 2 aromatic carbocycles. The van der Waals surface area contributed by atoms with E-state index in [1.54, 1.807) is 24.3 Å². The predicted molar refractivity (Wildman–Crippen MR) is 88.6 cm³/mol. The van der Waals surface area contributed by atoms with Crippen LogP contribution in [0.2, 0.25) is 0 Å². The van der Waals surface area contributed by atoms with Crippen LogP contribution in [0.25, 0.3) is 0 Å². The van der Waals surface area contributed by atoms with Crippen LogP contribution in [-0.4, -0.2) is 20.0 Å². The predicted octanol–water partition coefficient (Wildman–Crippen LogP) is 3.51. The van der Waals surface area contributed by atoms with E-state index in [1.165, 1.54) is 0 Å². The molecule has 0 spiro atoms. The van der Waals surface area contributed by atoms with Gasteiger partial charge >= 0.3 is 0 Å². The third kappa shape index (κ3) is 2.63. The minimum Gasteiger partial charge on any atom is -0.303 e. The molecule has 3 nitrogen and oxygen atoms in total. The number of aldehydes is 1. The van der Waals surface area contributed by atoms with Crippen LogP contribution in [0.5, 0.6) is 0 Å². The van der Waals surface area contributed by atoms with Crippen molar-refractivity contribution < 1.29 is 13.2 Å². The van der Waals surface area contributed by atoms with Gasteiger partial charge in [-0.3, -0.25) is 0 Å². The second-order valence-electron chi connectivity index (χ2n) is 5.61. The number of benzene rings is 2. The minimum absolute atomic E-state index is 0.253. The van der Waals surface area contributed by atoms with Gasteiger partial charge in [0.1, 0.15) is 6.29 Å². The Balaban J connectivity index is 1.95. The Morgan fingerprint density at radius 1 is 1.00 bits per heavy atom. The number of hydrogen-bond donors (Lipinski definition) is 0. The Bertz CT molecular complexity index is 795. The van der Waals surface area contributed by atoms with Crippen molar-refractivity contribution in [1.82, 2.24) is 0 Å². The summed E-state index contributed by atoms with van der Waals surface area (Å²) in [4.78, 5) is 11.6. The summed E-state index contributed by atoms with van der Waals surface area (Å²) in [6.45, 7) is 1.91. The van der Waals surface area contributed by atoms with Gasteiger partial charge in [0.05, 0.1) is 10.1 Å². The largest absolute Gasteiger partial charge is 0.303 e. The SMILES string of the molecule is Cc1ccc(S(=O)(=O)[C@H]2[C@H](C=O)[C@@H]2c2ccc(Br)cc2)cc1. The standard InChI is InChI=1S/C17H15BrO3S/c1-11-2-8-14(9-3-11)22(20,21)17-15(10-19)16(17)12-4-6-13(18)7-5-12/h2-10,15-17H,1H3/t15-,16+,17+/m1/s1. The molecular weight excluding hydrogens is 364 g/mol. The monoisotopic (exact) mass is 378 g/mol. The Kier molecular flexibility index (Phi) is 3.95. The first-order chi connectivity index (χ1) is 10.4. The van der Waals surface area contributed by atoms with Crippen LogP contribution < -0.4 is 0 Å². The van der Waals surface area contributed by atoms with Crippen LogP contribution in [0.3, 0.4) is 0 Å². The van der Waals surface area contributed by atoms with Gasteiger partial charge in [-0.1, -0.05) is 45.8 Å². The zero-order chi connectivity index (χ0) is 15.9. The highest BCUT2D eigenvalue weighted by atomic mass is 79.9. The first-order valence-corrected chi connectivity index (χ1v) is 9.30. The Morgan fingerprint density at radius 2 is 1.59 bits per heavy atom. The zero-order valence-corrected chi connectivity index (χ0v) is 14.3. The van der Waals surface area contributed by atoms with E-state index in [-0.39, 0.29) is 10.8 Å². The molecule has 22 heavy (non-hydrogen) atoms. The fourth-order valence-corrected chi connectivity index (χ4v) is 5.22. The van der Waals surface area contributed by atoms with Crippen molar-refractivity contribution in [1.29, 1.82) is 0 Å². The quantitative estimate of drug-likeness (QED) is 0.764. The summed E-state index contributed by atoms with van der Waals surface area (Å²) in [5, 5.41) is -0.658. The van der Waals surface area contributed by atoms with E-state index in [0.717, 1.165) is 21.9 Å². The van der Waals surface area contributed by atoms with Crippen molar-refractivity contribution in [2.24, 2.45) is 5.92 Å². The maximum Gasteiger partial charge on any atom is 0.182 e. The van der Waals surface area contributed by atoms with Crippen molar-refractivity contribution in [3.63, 3.8) is 0 Å². The molecule has 0 heterocycles. The smallest absolute Gasteiger partial charge is 0.182 e. The molecule has 0 N–H and O–H groups in total. The van der Waals surface area contributed by atoms with Crippen LogP contribution in [0.1, 0.15) is 17.0 Å². The summed E-state index contributed by atoms with van der Waals surface area (Å²) in [5.41, 5.74) is 1.90. The molecule has 2 aromatic rings. The molecule has 0 aliphatic heterocycles. The van der Waals surface area contributed by atoms with Crippen LogP contribution in [0.4, 0.5) is 0 Å². The Labute approximate surface area is 138 Å². The fourth-order valence-electron chi connectivity index (χ4n) is 2.85. The number of sulfone groups is 1. The highest BCUT2D eigenvalue weighted by Gasteiger charge is 2.58. The number of aryl methyl sites for hydroxylation is 1. The average Bonchev–Trinajstić information content (AvgIpc) is 3.24. The van der Waals surface area contributed by atoms with Crippen molar-refractivity contribution in [2.45, 2.75) is 23.0 Å². The number of hydrogen-bond acceptors (Lipinski definition) is 3. The van der Waals surface area contributed by atoms with Gasteiger partial charge in [0.15, 0.2) is 9.84 Å². The van der Waals surface area contributed by atoms with Gasteiger partial charge < -0.3 is 4.79 Å². The molecule has 1 aliphatic carbocycles. The van der Waals surface area contributed by atoms with E-state index >= 15 is 0 Å². The molecule has 0 radical (unpaired) electrons. The van der Waals surface area contributed by atoms with Gasteiger partial charge in [0.2, 0.25) is 0 Å². The molecule has 0 unspecified atom stereocenters. The normalized spacial score (nSPS) is 24.0.